The molecule has 18 heavy (non-hydrogen) atoms. The van der Waals surface area contributed by atoms with Crippen LogP contribution in [0.15, 0.2) is 28.7 Å². The van der Waals surface area contributed by atoms with Crippen molar-refractivity contribution in [3.8, 4) is 0 Å². The van der Waals surface area contributed by atoms with E-state index in [4.69, 9.17) is 23.2 Å². The van der Waals surface area contributed by atoms with Crippen LogP contribution in [-0.2, 0) is 4.79 Å². The lowest BCUT2D eigenvalue weighted by Gasteiger charge is -2.08. The highest BCUT2D eigenvalue weighted by Crippen LogP contribution is 2.53. The van der Waals surface area contributed by atoms with Gasteiger partial charge in [0, 0.05) is 4.47 Å². The number of amides is 2. The quantitative estimate of drug-likeness (QED) is 0.635. The molecule has 0 aromatic heterocycles. The van der Waals surface area contributed by atoms with Crippen LogP contribution in [0, 0.1) is 5.92 Å². The van der Waals surface area contributed by atoms with Crippen molar-refractivity contribution in [1.82, 2.24) is 10.9 Å². The fraction of sp³-hybridized carbons (Fsp3) is 0.273. The zero-order valence-corrected chi connectivity index (χ0v) is 12.1. The van der Waals surface area contributed by atoms with Gasteiger partial charge in [-0.15, -0.1) is 23.2 Å². The lowest BCUT2D eigenvalue weighted by molar-refractivity contribution is -0.123. The van der Waals surface area contributed by atoms with Gasteiger partial charge in [0.05, 0.1) is 11.5 Å². The van der Waals surface area contributed by atoms with Crippen LogP contribution in [0.2, 0.25) is 0 Å². The maximum Gasteiger partial charge on any atom is 0.270 e. The predicted molar refractivity (Wildman–Crippen MR) is 72.3 cm³/mol. The fourth-order valence-corrected chi connectivity index (χ4v) is 2.39. The first-order valence-electron chi connectivity index (χ1n) is 5.14. The summed E-state index contributed by atoms with van der Waals surface area (Å²) < 4.78 is -0.352. The molecule has 2 amide bonds. The van der Waals surface area contributed by atoms with E-state index in [1.807, 2.05) is 0 Å². The Kier molecular flexibility index (Phi) is 3.84. The number of halogens is 3. The van der Waals surface area contributed by atoms with Crippen LogP contribution in [0.25, 0.3) is 0 Å². The van der Waals surface area contributed by atoms with E-state index in [2.05, 4.69) is 26.8 Å². The minimum Gasteiger partial charge on any atom is -0.273 e. The Bertz CT molecular complexity index is 508. The van der Waals surface area contributed by atoms with Gasteiger partial charge in [-0.2, -0.15) is 0 Å². The van der Waals surface area contributed by atoms with E-state index in [9.17, 15) is 9.59 Å². The second-order valence-corrected chi connectivity index (χ2v) is 6.34. The molecule has 0 aliphatic heterocycles. The summed E-state index contributed by atoms with van der Waals surface area (Å²) >= 11 is 14.7. The van der Waals surface area contributed by atoms with Crippen LogP contribution in [0.5, 0.6) is 0 Å². The van der Waals surface area contributed by atoms with E-state index in [1.54, 1.807) is 24.3 Å². The second-order valence-electron chi connectivity index (χ2n) is 3.94. The molecule has 0 bridgehead atoms. The molecule has 7 heteroatoms. The minimum absolute atomic E-state index is 0.389. The van der Waals surface area contributed by atoms with Gasteiger partial charge in [0.15, 0.2) is 0 Å². The van der Waals surface area contributed by atoms with Gasteiger partial charge in [-0.3, -0.25) is 20.4 Å². The van der Waals surface area contributed by atoms with Gasteiger partial charge in [0.25, 0.3) is 5.91 Å². The highest BCUT2D eigenvalue weighted by Gasteiger charge is 2.56. The van der Waals surface area contributed by atoms with Crippen LogP contribution >= 0.6 is 39.1 Å². The summed E-state index contributed by atoms with van der Waals surface area (Å²) in [6.45, 7) is 0. The monoisotopic (exact) mass is 350 g/mol. The number of carbonyl (C=O) groups is 2. The number of hydrazine groups is 1. The molecule has 0 saturated heterocycles. The summed E-state index contributed by atoms with van der Waals surface area (Å²) in [5, 5.41) is 0. The van der Waals surface area contributed by atoms with Crippen molar-refractivity contribution >= 4 is 50.9 Å². The molecule has 0 radical (unpaired) electrons. The predicted octanol–water partition coefficient (Wildman–Crippen LogP) is 2.40. The van der Waals surface area contributed by atoms with Crippen molar-refractivity contribution in [2.24, 2.45) is 5.92 Å². The van der Waals surface area contributed by atoms with Crippen LogP contribution in [-0.4, -0.2) is 16.1 Å². The molecule has 96 valence electrons. The molecule has 0 heterocycles. The summed E-state index contributed by atoms with van der Waals surface area (Å²) in [6.07, 6.45) is 0.396. The number of alkyl halides is 2. The third-order valence-electron chi connectivity index (χ3n) is 2.56. The lowest BCUT2D eigenvalue weighted by Crippen LogP contribution is -2.43. The van der Waals surface area contributed by atoms with E-state index in [0.717, 1.165) is 0 Å². The molecule has 2 N–H and O–H groups in total. The number of carbonyl (C=O) groups excluding carboxylic acids is 2. The zero-order chi connectivity index (χ0) is 13.3. The summed E-state index contributed by atoms with van der Waals surface area (Å²) in [4.78, 5) is 23.3. The molecule has 1 fully saturated rings. The van der Waals surface area contributed by atoms with E-state index in [-0.39, 0.29) is 5.91 Å². The molecule has 1 saturated carbocycles. The number of hydrogen-bond acceptors (Lipinski definition) is 2. The lowest BCUT2D eigenvalue weighted by atomic mass is 10.2. The van der Waals surface area contributed by atoms with Crippen molar-refractivity contribution in [2.75, 3.05) is 0 Å². The average Bonchev–Trinajstić information content (AvgIpc) is 2.96. The summed E-state index contributed by atoms with van der Waals surface area (Å²) in [6, 6.07) is 6.89. The van der Waals surface area contributed by atoms with E-state index in [1.165, 1.54) is 0 Å². The SMILES string of the molecule is O=C(NNC(=O)C1CC1(Cl)Cl)c1ccccc1Br. The molecular weight excluding hydrogens is 343 g/mol. The smallest absolute Gasteiger partial charge is 0.270 e. The molecule has 1 aromatic rings. The molecule has 1 aliphatic rings. The summed E-state index contributed by atoms with van der Waals surface area (Å²) in [7, 11) is 0. The molecule has 1 aliphatic carbocycles. The van der Waals surface area contributed by atoms with Gasteiger partial charge in [0.1, 0.15) is 4.33 Å². The standard InChI is InChI=1S/C11H9BrCl2N2O2/c12-8-4-2-1-3-6(8)9(17)15-16-10(18)7-5-11(7,13)14/h1-4,7H,5H2,(H,15,17)(H,16,18). The highest BCUT2D eigenvalue weighted by atomic mass is 79.9. The van der Waals surface area contributed by atoms with Crippen LogP contribution in [0.3, 0.4) is 0 Å². The van der Waals surface area contributed by atoms with E-state index in [0.29, 0.717) is 16.5 Å². The Balaban J connectivity index is 1.90. The van der Waals surface area contributed by atoms with E-state index >= 15 is 0 Å². The first kappa shape index (κ1) is 13.6. The topological polar surface area (TPSA) is 58.2 Å². The number of rotatable bonds is 2. The summed E-state index contributed by atoms with van der Waals surface area (Å²) in [5.74, 6) is -1.27. The fourth-order valence-electron chi connectivity index (χ4n) is 1.42. The van der Waals surface area contributed by atoms with Crippen molar-refractivity contribution in [2.45, 2.75) is 10.8 Å². The maximum atomic E-state index is 11.8. The minimum atomic E-state index is -0.998. The Labute approximate surface area is 122 Å². The third-order valence-corrected chi connectivity index (χ3v) is 4.09. The van der Waals surface area contributed by atoms with Crippen molar-refractivity contribution < 1.29 is 9.59 Å². The first-order chi connectivity index (χ1) is 8.42. The normalized spacial score (nSPS) is 20.1. The largest absolute Gasteiger partial charge is 0.273 e. The van der Waals surface area contributed by atoms with Crippen molar-refractivity contribution in [3.05, 3.63) is 34.3 Å². The van der Waals surface area contributed by atoms with Crippen molar-refractivity contribution in [1.29, 1.82) is 0 Å². The van der Waals surface area contributed by atoms with Crippen LogP contribution in [0.1, 0.15) is 16.8 Å². The van der Waals surface area contributed by atoms with Gasteiger partial charge in [-0.25, -0.2) is 0 Å². The molecule has 0 spiro atoms. The zero-order valence-electron chi connectivity index (χ0n) is 9.04. The number of hydrogen-bond donors (Lipinski definition) is 2. The first-order valence-corrected chi connectivity index (χ1v) is 6.69. The number of benzene rings is 1. The van der Waals surface area contributed by atoms with Crippen LogP contribution < -0.4 is 10.9 Å². The van der Waals surface area contributed by atoms with Crippen molar-refractivity contribution in [3.63, 3.8) is 0 Å². The Morgan fingerprint density at radius 3 is 2.44 bits per heavy atom. The highest BCUT2D eigenvalue weighted by molar-refractivity contribution is 9.10. The van der Waals surface area contributed by atoms with Gasteiger partial charge in [0.2, 0.25) is 5.91 Å². The average molecular weight is 352 g/mol. The molecule has 4 nitrogen and oxygen atoms in total. The molecule has 2 rings (SSSR count). The van der Waals surface area contributed by atoms with Gasteiger partial charge in [-0.1, -0.05) is 12.1 Å². The van der Waals surface area contributed by atoms with Gasteiger partial charge < -0.3 is 0 Å². The second kappa shape index (κ2) is 5.07. The molecular formula is C11H9BrCl2N2O2. The molecule has 1 atom stereocenters. The van der Waals surface area contributed by atoms with Crippen LogP contribution in [0.4, 0.5) is 0 Å². The molecule has 1 aromatic carbocycles. The van der Waals surface area contributed by atoms with E-state index < -0.39 is 16.2 Å². The molecule has 1 unspecified atom stereocenters. The Hall–Kier alpha value is -0.780. The third kappa shape index (κ3) is 2.96. The maximum absolute atomic E-state index is 11.8. The summed E-state index contributed by atoms with van der Waals surface area (Å²) in [5.41, 5.74) is 5.04. The Morgan fingerprint density at radius 1 is 1.28 bits per heavy atom. The van der Waals surface area contributed by atoms with Gasteiger partial charge >= 0.3 is 0 Å². The Morgan fingerprint density at radius 2 is 1.89 bits per heavy atom. The number of nitrogens with one attached hydrogen (secondary N) is 2. The van der Waals surface area contributed by atoms with Gasteiger partial charge in [-0.05, 0) is 34.5 Å².